The van der Waals surface area contributed by atoms with Crippen LogP contribution in [0.3, 0.4) is 0 Å². The first-order valence-electron chi connectivity index (χ1n) is 10.3. The van der Waals surface area contributed by atoms with Crippen LogP contribution in [0.2, 0.25) is 0 Å². The molecule has 10 heteroatoms. The topological polar surface area (TPSA) is 114 Å². The number of H-pyrrole nitrogens is 1. The number of sulfonamides is 1. The van der Waals surface area contributed by atoms with Crippen LogP contribution in [0.5, 0.6) is 0 Å². The molecule has 1 aromatic carbocycles. The second-order valence-corrected chi connectivity index (χ2v) is 10.5. The summed E-state index contributed by atoms with van der Waals surface area (Å²) in [7, 11) is -2.13. The number of rotatable bonds is 5. The van der Waals surface area contributed by atoms with E-state index < -0.39 is 15.8 Å². The molecule has 0 amide bonds. The SMILES string of the molecule is CCCc1nc(C2CN(S(=O)(=O)c3ccc4c(c3)oc(=O)n4C)CC23CCC3)n[nH]1. The fourth-order valence-corrected chi connectivity index (χ4v) is 6.40. The zero-order valence-electron chi connectivity index (χ0n) is 17.1. The predicted molar refractivity (Wildman–Crippen MR) is 110 cm³/mol. The maximum Gasteiger partial charge on any atom is 0.419 e. The molecule has 0 radical (unpaired) electrons. The minimum Gasteiger partial charge on any atom is -0.408 e. The number of aryl methyl sites for hydroxylation is 2. The van der Waals surface area contributed by atoms with Gasteiger partial charge in [-0.2, -0.15) is 9.40 Å². The molecule has 1 aliphatic heterocycles. The lowest BCUT2D eigenvalue weighted by Crippen LogP contribution is -2.38. The normalized spacial score (nSPS) is 21.5. The average Bonchev–Trinajstić information content (AvgIpc) is 3.38. The van der Waals surface area contributed by atoms with E-state index in [1.54, 1.807) is 23.5 Å². The van der Waals surface area contributed by atoms with E-state index in [1.807, 2.05) is 0 Å². The summed E-state index contributed by atoms with van der Waals surface area (Å²) in [5, 5.41) is 7.44. The highest BCUT2D eigenvalue weighted by molar-refractivity contribution is 7.89. The molecule has 1 spiro atoms. The standard InChI is InChI=1S/C20H25N5O4S/c1-3-5-17-21-18(23-22-17)14-11-25(12-20(14)8-4-9-20)30(27,28)13-6-7-15-16(10-13)29-19(26)24(15)2/h6-7,10,14H,3-5,8-9,11-12H2,1-2H3,(H,21,22,23). The molecule has 160 valence electrons. The maximum absolute atomic E-state index is 13.4. The summed E-state index contributed by atoms with van der Waals surface area (Å²) in [5.41, 5.74) is 0.746. The van der Waals surface area contributed by atoms with Crippen LogP contribution in [-0.4, -0.2) is 45.6 Å². The van der Waals surface area contributed by atoms with Crippen LogP contribution < -0.4 is 5.76 Å². The molecular formula is C20H25N5O4S. The Kier molecular flexibility index (Phi) is 4.41. The van der Waals surface area contributed by atoms with Gasteiger partial charge in [0.1, 0.15) is 5.82 Å². The van der Waals surface area contributed by atoms with Crippen molar-refractivity contribution in [2.45, 2.75) is 49.8 Å². The van der Waals surface area contributed by atoms with Crippen molar-refractivity contribution in [1.29, 1.82) is 0 Å². The van der Waals surface area contributed by atoms with E-state index in [0.717, 1.165) is 43.8 Å². The number of nitrogens with zero attached hydrogens (tertiary/aromatic N) is 4. The van der Waals surface area contributed by atoms with E-state index in [2.05, 4.69) is 22.1 Å². The van der Waals surface area contributed by atoms with Gasteiger partial charge in [0.25, 0.3) is 0 Å². The van der Waals surface area contributed by atoms with Crippen molar-refractivity contribution < 1.29 is 12.8 Å². The van der Waals surface area contributed by atoms with Crippen LogP contribution >= 0.6 is 0 Å². The summed E-state index contributed by atoms with van der Waals surface area (Å²) in [5.74, 6) is 1.05. The van der Waals surface area contributed by atoms with Crippen LogP contribution in [0.4, 0.5) is 0 Å². The van der Waals surface area contributed by atoms with Gasteiger partial charge in [0.15, 0.2) is 11.4 Å². The summed E-state index contributed by atoms with van der Waals surface area (Å²) >= 11 is 0. The molecule has 0 bridgehead atoms. The number of aromatic nitrogens is 4. The maximum atomic E-state index is 13.4. The number of hydrogen-bond donors (Lipinski definition) is 1. The fraction of sp³-hybridized carbons (Fsp3) is 0.550. The monoisotopic (exact) mass is 431 g/mol. The van der Waals surface area contributed by atoms with Gasteiger partial charge in [-0.3, -0.25) is 9.67 Å². The molecule has 2 aromatic heterocycles. The highest BCUT2D eigenvalue weighted by atomic mass is 32.2. The second-order valence-electron chi connectivity index (χ2n) is 8.51. The van der Waals surface area contributed by atoms with E-state index in [-0.39, 0.29) is 21.8 Å². The van der Waals surface area contributed by atoms with Gasteiger partial charge < -0.3 is 4.42 Å². The molecule has 3 aromatic rings. The van der Waals surface area contributed by atoms with E-state index >= 15 is 0 Å². The van der Waals surface area contributed by atoms with Crippen LogP contribution in [0.25, 0.3) is 11.1 Å². The Labute approximate surface area is 174 Å². The average molecular weight is 432 g/mol. The Morgan fingerprint density at radius 3 is 2.83 bits per heavy atom. The molecule has 1 saturated carbocycles. The molecule has 1 aliphatic carbocycles. The van der Waals surface area contributed by atoms with E-state index in [9.17, 15) is 13.2 Å². The number of oxazole rings is 1. The molecular weight excluding hydrogens is 406 g/mol. The number of nitrogens with one attached hydrogen (secondary N) is 1. The Balaban J connectivity index is 1.48. The summed E-state index contributed by atoms with van der Waals surface area (Å²) < 4.78 is 35.0. The van der Waals surface area contributed by atoms with Crippen molar-refractivity contribution in [2.75, 3.05) is 13.1 Å². The Hall–Kier alpha value is -2.46. The lowest BCUT2D eigenvalue weighted by Gasteiger charge is -2.41. The summed E-state index contributed by atoms with van der Waals surface area (Å²) in [6.07, 6.45) is 4.86. The highest BCUT2D eigenvalue weighted by Crippen LogP contribution is 2.56. The first-order chi connectivity index (χ1) is 14.3. The van der Waals surface area contributed by atoms with Crippen molar-refractivity contribution in [1.82, 2.24) is 24.1 Å². The molecule has 9 nitrogen and oxygen atoms in total. The zero-order chi connectivity index (χ0) is 21.1. The minimum atomic E-state index is -3.73. The van der Waals surface area contributed by atoms with Crippen molar-refractivity contribution in [3.63, 3.8) is 0 Å². The zero-order valence-corrected chi connectivity index (χ0v) is 17.9. The first-order valence-corrected chi connectivity index (χ1v) is 11.8. The number of hydrogen-bond acceptors (Lipinski definition) is 6. The third kappa shape index (κ3) is 2.84. The predicted octanol–water partition coefficient (Wildman–Crippen LogP) is 2.16. The summed E-state index contributed by atoms with van der Waals surface area (Å²) in [6.45, 7) is 2.92. The fourth-order valence-electron chi connectivity index (χ4n) is 4.84. The highest BCUT2D eigenvalue weighted by Gasteiger charge is 2.55. The van der Waals surface area contributed by atoms with Gasteiger partial charge in [0.05, 0.1) is 10.4 Å². The molecule has 5 rings (SSSR count). The third-order valence-corrected chi connectivity index (χ3v) is 8.52. The van der Waals surface area contributed by atoms with Crippen molar-refractivity contribution in [3.05, 3.63) is 40.4 Å². The van der Waals surface area contributed by atoms with Gasteiger partial charge in [-0.1, -0.05) is 13.3 Å². The van der Waals surface area contributed by atoms with Crippen molar-refractivity contribution in [3.8, 4) is 0 Å². The van der Waals surface area contributed by atoms with Crippen LogP contribution in [0.1, 0.15) is 50.2 Å². The lowest BCUT2D eigenvalue weighted by molar-refractivity contribution is 0.127. The van der Waals surface area contributed by atoms with Crippen LogP contribution in [0, 0.1) is 5.41 Å². The quantitative estimate of drug-likeness (QED) is 0.662. The van der Waals surface area contributed by atoms with Gasteiger partial charge in [-0.15, -0.1) is 0 Å². The van der Waals surface area contributed by atoms with Crippen LogP contribution in [0.15, 0.2) is 32.3 Å². The van der Waals surface area contributed by atoms with Gasteiger partial charge in [-0.25, -0.2) is 18.2 Å². The van der Waals surface area contributed by atoms with Gasteiger partial charge in [0.2, 0.25) is 10.0 Å². The second kappa shape index (κ2) is 6.78. The summed E-state index contributed by atoms with van der Waals surface area (Å²) in [4.78, 5) is 16.6. The Morgan fingerprint density at radius 1 is 1.33 bits per heavy atom. The molecule has 30 heavy (non-hydrogen) atoms. The van der Waals surface area contributed by atoms with E-state index in [0.29, 0.717) is 18.6 Å². The third-order valence-electron chi connectivity index (χ3n) is 6.72. The molecule has 1 N–H and O–H groups in total. The Bertz CT molecular complexity index is 1270. The van der Waals surface area contributed by atoms with E-state index in [4.69, 9.17) is 4.42 Å². The molecule has 1 saturated heterocycles. The van der Waals surface area contributed by atoms with Gasteiger partial charge >= 0.3 is 5.76 Å². The number of aromatic amines is 1. The molecule has 1 unspecified atom stereocenters. The number of fused-ring (bicyclic) bond motifs is 1. The molecule has 2 fully saturated rings. The number of benzene rings is 1. The molecule has 1 atom stereocenters. The minimum absolute atomic E-state index is 0.0127. The van der Waals surface area contributed by atoms with Crippen LogP contribution in [-0.2, 0) is 23.5 Å². The van der Waals surface area contributed by atoms with Crippen molar-refractivity contribution in [2.24, 2.45) is 12.5 Å². The van der Waals surface area contributed by atoms with E-state index in [1.165, 1.54) is 10.6 Å². The molecule has 3 heterocycles. The lowest BCUT2D eigenvalue weighted by atomic mass is 9.62. The molecule has 2 aliphatic rings. The van der Waals surface area contributed by atoms with Crippen molar-refractivity contribution >= 4 is 21.1 Å². The van der Waals surface area contributed by atoms with Gasteiger partial charge in [0, 0.05) is 38.5 Å². The largest absolute Gasteiger partial charge is 0.419 e. The summed E-state index contributed by atoms with van der Waals surface area (Å²) in [6, 6.07) is 4.60. The van der Waals surface area contributed by atoms with Gasteiger partial charge in [-0.05, 0) is 36.8 Å². The first kappa shape index (κ1) is 19.5. The smallest absolute Gasteiger partial charge is 0.408 e. The Morgan fingerprint density at radius 2 is 2.13 bits per heavy atom.